The van der Waals surface area contributed by atoms with Gasteiger partial charge >= 0.3 is 0 Å². The van der Waals surface area contributed by atoms with Crippen LogP contribution in [0.15, 0.2) is 52.9 Å². The fraction of sp³-hybridized carbons (Fsp3) is 0.250. The first kappa shape index (κ1) is 16.8. The molecule has 0 radical (unpaired) electrons. The first-order chi connectivity index (χ1) is 12.6. The molecule has 1 unspecified atom stereocenters. The number of amides is 1. The molecule has 0 spiro atoms. The molecule has 1 aliphatic rings. The van der Waals surface area contributed by atoms with Crippen molar-refractivity contribution in [2.75, 3.05) is 4.90 Å². The Morgan fingerprint density at radius 2 is 1.96 bits per heavy atom. The molecule has 132 valence electrons. The topological polar surface area (TPSA) is 59.2 Å². The third-order valence-corrected chi connectivity index (χ3v) is 4.93. The van der Waals surface area contributed by atoms with Gasteiger partial charge in [0, 0.05) is 24.6 Å². The molecule has 4 rings (SSSR count). The highest BCUT2D eigenvalue weighted by Crippen LogP contribution is 2.32. The van der Waals surface area contributed by atoms with Crippen molar-refractivity contribution in [3.05, 3.63) is 65.0 Å². The second-order valence-electron chi connectivity index (χ2n) is 6.43. The summed E-state index contributed by atoms with van der Waals surface area (Å²) in [7, 11) is 0. The second-order valence-corrected chi connectivity index (χ2v) is 6.83. The lowest BCUT2D eigenvalue weighted by Gasteiger charge is -2.22. The lowest BCUT2D eigenvalue weighted by molar-refractivity contribution is -0.118. The molecule has 0 saturated carbocycles. The minimum atomic E-state index is 0.0694. The number of carbonyl (C=O) groups excluding carboxylic acids is 1. The van der Waals surface area contributed by atoms with Crippen LogP contribution in [0.3, 0.4) is 0 Å². The monoisotopic (exact) mass is 367 g/mol. The van der Waals surface area contributed by atoms with Crippen molar-refractivity contribution < 1.29 is 9.21 Å². The summed E-state index contributed by atoms with van der Waals surface area (Å²) in [6.45, 7) is 2.07. The summed E-state index contributed by atoms with van der Waals surface area (Å²) in [6, 6.07) is 15.5. The number of anilines is 1. The van der Waals surface area contributed by atoms with Gasteiger partial charge in [-0.3, -0.25) is 4.79 Å². The van der Waals surface area contributed by atoms with E-state index in [9.17, 15) is 4.79 Å². The molecule has 2 heterocycles. The van der Waals surface area contributed by atoms with Gasteiger partial charge in [0.25, 0.3) is 0 Å². The van der Waals surface area contributed by atoms with Gasteiger partial charge in [-0.2, -0.15) is 0 Å². The van der Waals surface area contributed by atoms with Gasteiger partial charge in [0.15, 0.2) is 0 Å². The first-order valence-electron chi connectivity index (χ1n) is 8.60. The van der Waals surface area contributed by atoms with Crippen molar-refractivity contribution >= 4 is 23.2 Å². The van der Waals surface area contributed by atoms with Crippen molar-refractivity contribution in [1.82, 2.24) is 10.2 Å². The Morgan fingerprint density at radius 1 is 1.19 bits per heavy atom. The summed E-state index contributed by atoms with van der Waals surface area (Å²) >= 11 is 6.16. The van der Waals surface area contributed by atoms with Crippen LogP contribution in [-0.4, -0.2) is 22.1 Å². The van der Waals surface area contributed by atoms with Crippen LogP contribution in [0.25, 0.3) is 11.5 Å². The van der Waals surface area contributed by atoms with Gasteiger partial charge in [-0.1, -0.05) is 41.9 Å². The highest BCUT2D eigenvalue weighted by atomic mass is 35.5. The number of hydrogen-bond donors (Lipinski definition) is 0. The zero-order valence-corrected chi connectivity index (χ0v) is 15.1. The van der Waals surface area contributed by atoms with Gasteiger partial charge in [-0.15, -0.1) is 10.2 Å². The number of halogens is 1. The molecule has 2 aromatic carbocycles. The summed E-state index contributed by atoms with van der Waals surface area (Å²) in [4.78, 5) is 14.6. The molecule has 3 aromatic rings. The Morgan fingerprint density at radius 3 is 2.81 bits per heavy atom. The molecule has 0 aliphatic carbocycles. The standard InChI is InChI=1S/C20H18ClN3O2/c1-13-12-14-6-2-5-9-17(14)24(13)19(25)11-10-18-22-23-20(26-18)15-7-3-4-8-16(15)21/h2-9,13H,10-12H2,1H3. The number of aryl methyl sites for hydroxylation is 1. The highest BCUT2D eigenvalue weighted by molar-refractivity contribution is 6.33. The second kappa shape index (κ2) is 6.92. The van der Waals surface area contributed by atoms with Crippen molar-refractivity contribution in [3.8, 4) is 11.5 Å². The van der Waals surface area contributed by atoms with E-state index in [1.165, 1.54) is 5.56 Å². The lowest BCUT2D eigenvalue weighted by Crippen LogP contribution is -2.35. The smallest absolute Gasteiger partial charge is 0.249 e. The van der Waals surface area contributed by atoms with Gasteiger partial charge in [0.2, 0.25) is 17.7 Å². The number of nitrogens with zero attached hydrogens (tertiary/aromatic N) is 3. The first-order valence-corrected chi connectivity index (χ1v) is 8.98. The summed E-state index contributed by atoms with van der Waals surface area (Å²) in [5.74, 6) is 0.881. The molecule has 1 aliphatic heterocycles. The van der Waals surface area contributed by atoms with Gasteiger partial charge in [-0.05, 0) is 37.1 Å². The third kappa shape index (κ3) is 3.10. The molecule has 1 atom stereocenters. The maximum absolute atomic E-state index is 12.7. The number of para-hydroxylation sites is 1. The number of benzene rings is 2. The van der Waals surface area contributed by atoms with Gasteiger partial charge in [0.1, 0.15) is 0 Å². The van der Waals surface area contributed by atoms with Crippen molar-refractivity contribution in [3.63, 3.8) is 0 Å². The SMILES string of the molecule is CC1Cc2ccccc2N1C(=O)CCc1nnc(-c2ccccc2Cl)o1. The Hall–Kier alpha value is -2.66. The maximum atomic E-state index is 12.7. The van der Waals surface area contributed by atoms with E-state index in [4.69, 9.17) is 16.0 Å². The molecule has 26 heavy (non-hydrogen) atoms. The van der Waals surface area contributed by atoms with E-state index in [1.807, 2.05) is 41.3 Å². The molecular weight excluding hydrogens is 350 g/mol. The Balaban J connectivity index is 1.45. The Kier molecular flexibility index (Phi) is 4.47. The highest BCUT2D eigenvalue weighted by Gasteiger charge is 2.30. The Labute approximate surface area is 156 Å². The predicted molar refractivity (Wildman–Crippen MR) is 100 cm³/mol. The van der Waals surface area contributed by atoms with Crippen LogP contribution < -0.4 is 4.90 Å². The molecular formula is C20H18ClN3O2. The van der Waals surface area contributed by atoms with Crippen molar-refractivity contribution in [2.45, 2.75) is 32.2 Å². The molecule has 0 N–H and O–H groups in total. The van der Waals surface area contributed by atoms with Crippen LogP contribution in [0.2, 0.25) is 5.02 Å². The predicted octanol–water partition coefficient (Wildman–Crippen LogP) is 4.30. The summed E-state index contributed by atoms with van der Waals surface area (Å²) in [6.07, 6.45) is 1.61. The van der Waals surface area contributed by atoms with Crippen molar-refractivity contribution in [2.24, 2.45) is 0 Å². The zero-order valence-electron chi connectivity index (χ0n) is 14.4. The van der Waals surface area contributed by atoms with Crippen molar-refractivity contribution in [1.29, 1.82) is 0 Å². The van der Waals surface area contributed by atoms with Crippen LogP contribution in [0.5, 0.6) is 0 Å². The third-order valence-electron chi connectivity index (χ3n) is 4.60. The molecule has 0 bridgehead atoms. The average molecular weight is 368 g/mol. The van der Waals surface area contributed by atoms with Gasteiger partial charge in [0.05, 0.1) is 10.6 Å². The normalized spacial score (nSPS) is 15.9. The Bertz CT molecular complexity index is 953. The number of carbonyl (C=O) groups is 1. The molecule has 1 amide bonds. The van der Waals surface area contributed by atoms with E-state index in [0.29, 0.717) is 35.2 Å². The molecule has 6 heteroatoms. The largest absolute Gasteiger partial charge is 0.421 e. The van der Waals surface area contributed by atoms with Crippen LogP contribution in [-0.2, 0) is 17.6 Å². The van der Waals surface area contributed by atoms with Crippen LogP contribution in [0.4, 0.5) is 5.69 Å². The lowest BCUT2D eigenvalue weighted by atomic mass is 10.1. The number of rotatable bonds is 4. The van der Waals surface area contributed by atoms with E-state index in [2.05, 4.69) is 23.2 Å². The van der Waals surface area contributed by atoms with Crippen LogP contribution >= 0.6 is 11.6 Å². The van der Waals surface area contributed by atoms with E-state index in [1.54, 1.807) is 6.07 Å². The maximum Gasteiger partial charge on any atom is 0.249 e. The molecule has 0 fully saturated rings. The number of hydrogen-bond acceptors (Lipinski definition) is 4. The zero-order chi connectivity index (χ0) is 18.1. The van der Waals surface area contributed by atoms with Gasteiger partial charge < -0.3 is 9.32 Å². The van der Waals surface area contributed by atoms with Crippen LogP contribution in [0.1, 0.15) is 24.8 Å². The summed E-state index contributed by atoms with van der Waals surface area (Å²) in [5.41, 5.74) is 2.92. The fourth-order valence-corrected chi connectivity index (χ4v) is 3.59. The molecule has 0 saturated heterocycles. The quantitative estimate of drug-likeness (QED) is 0.689. The summed E-state index contributed by atoms with van der Waals surface area (Å²) < 4.78 is 5.68. The average Bonchev–Trinajstić information content (AvgIpc) is 3.23. The van der Waals surface area contributed by atoms with E-state index < -0.39 is 0 Å². The number of fused-ring (bicyclic) bond motifs is 1. The minimum Gasteiger partial charge on any atom is -0.421 e. The van der Waals surface area contributed by atoms with Crippen LogP contribution in [0, 0.1) is 0 Å². The van der Waals surface area contributed by atoms with E-state index >= 15 is 0 Å². The minimum absolute atomic E-state index is 0.0694. The molecule has 1 aromatic heterocycles. The number of aromatic nitrogens is 2. The van der Waals surface area contributed by atoms with E-state index in [-0.39, 0.29) is 11.9 Å². The fourth-order valence-electron chi connectivity index (χ4n) is 3.38. The molecule has 5 nitrogen and oxygen atoms in total. The van der Waals surface area contributed by atoms with E-state index in [0.717, 1.165) is 12.1 Å². The summed E-state index contributed by atoms with van der Waals surface area (Å²) in [5, 5.41) is 8.65. The van der Waals surface area contributed by atoms with Gasteiger partial charge in [-0.25, -0.2) is 0 Å².